The lowest BCUT2D eigenvalue weighted by atomic mass is 10.2. The Kier molecular flexibility index (Phi) is 2.91. The van der Waals surface area contributed by atoms with Gasteiger partial charge in [0, 0.05) is 6.20 Å². The number of primary sulfonamides is 1. The Balaban J connectivity index is 3.64. The van der Waals surface area contributed by atoms with E-state index in [9.17, 15) is 22.0 Å². The third-order valence-corrected chi connectivity index (χ3v) is 2.91. The highest BCUT2D eigenvalue weighted by Crippen LogP contribution is 2.22. The fraction of sp³-hybridized carbons (Fsp3) is 0.286. The van der Waals surface area contributed by atoms with Gasteiger partial charge in [0.1, 0.15) is 4.90 Å². The zero-order valence-electron chi connectivity index (χ0n) is 7.62. The van der Waals surface area contributed by atoms with E-state index in [1.165, 1.54) is 0 Å². The maximum Gasteiger partial charge on any atom is 0.269 e. The summed E-state index contributed by atoms with van der Waals surface area (Å²) in [6, 6.07) is 0. The van der Waals surface area contributed by atoms with Crippen LogP contribution in [-0.2, 0) is 10.0 Å². The van der Waals surface area contributed by atoms with Crippen LogP contribution in [0.1, 0.15) is 17.6 Å². The maximum absolute atomic E-state index is 12.4. The van der Waals surface area contributed by atoms with Crippen molar-refractivity contribution in [3.05, 3.63) is 27.7 Å². The van der Waals surface area contributed by atoms with Crippen LogP contribution in [0.15, 0.2) is 15.9 Å². The predicted molar refractivity (Wildman–Crippen MR) is 48.1 cm³/mol. The first kappa shape index (κ1) is 11.8. The van der Waals surface area contributed by atoms with Gasteiger partial charge in [-0.3, -0.25) is 4.79 Å². The summed E-state index contributed by atoms with van der Waals surface area (Å²) in [6.07, 6.45) is -2.24. The lowest BCUT2D eigenvalue weighted by Crippen LogP contribution is -2.21. The molecule has 1 aromatic rings. The van der Waals surface area contributed by atoms with Crippen molar-refractivity contribution in [3.63, 3.8) is 0 Å². The second-order valence-electron chi connectivity index (χ2n) is 2.87. The first-order valence-electron chi connectivity index (χ1n) is 3.78. The molecule has 0 aliphatic rings. The van der Waals surface area contributed by atoms with Crippen molar-refractivity contribution in [1.82, 2.24) is 4.98 Å². The summed E-state index contributed by atoms with van der Waals surface area (Å²) in [6.45, 7) is 1.11. The number of hydrogen-bond acceptors (Lipinski definition) is 3. The number of H-pyrrole nitrogens is 1. The van der Waals surface area contributed by atoms with Crippen LogP contribution in [0.4, 0.5) is 8.78 Å². The Bertz CT molecular complexity index is 536. The molecule has 0 unspecified atom stereocenters. The van der Waals surface area contributed by atoms with Crippen molar-refractivity contribution in [2.75, 3.05) is 0 Å². The van der Waals surface area contributed by atoms with Gasteiger partial charge in [0.05, 0.1) is 5.56 Å². The monoisotopic (exact) mass is 238 g/mol. The highest BCUT2D eigenvalue weighted by molar-refractivity contribution is 7.89. The van der Waals surface area contributed by atoms with Crippen LogP contribution in [-0.4, -0.2) is 13.4 Å². The Morgan fingerprint density at radius 2 is 2.00 bits per heavy atom. The first-order valence-corrected chi connectivity index (χ1v) is 5.33. The maximum atomic E-state index is 12.4. The third-order valence-electron chi connectivity index (χ3n) is 1.88. The molecular formula is C7H8F2N2O3S. The summed E-state index contributed by atoms with van der Waals surface area (Å²) in [7, 11) is -4.11. The first-order chi connectivity index (χ1) is 6.75. The van der Waals surface area contributed by atoms with Crippen LogP contribution in [0.3, 0.4) is 0 Å². The number of halogens is 2. The van der Waals surface area contributed by atoms with Gasteiger partial charge in [-0.05, 0) is 12.5 Å². The smallest absolute Gasteiger partial charge is 0.269 e. The number of rotatable bonds is 2. The molecule has 0 aliphatic carbocycles. The quantitative estimate of drug-likeness (QED) is 0.774. The molecule has 0 aromatic carbocycles. The van der Waals surface area contributed by atoms with E-state index in [1.54, 1.807) is 0 Å². The molecule has 1 rings (SSSR count). The molecule has 3 N–H and O–H groups in total. The highest BCUT2D eigenvalue weighted by Gasteiger charge is 2.22. The Hall–Kier alpha value is -1.28. The van der Waals surface area contributed by atoms with Gasteiger partial charge in [-0.15, -0.1) is 0 Å². The van der Waals surface area contributed by atoms with E-state index in [4.69, 9.17) is 5.14 Å². The number of hydrogen-bond donors (Lipinski definition) is 2. The van der Waals surface area contributed by atoms with Crippen molar-refractivity contribution in [1.29, 1.82) is 0 Å². The molecule has 0 amide bonds. The summed E-state index contributed by atoms with van der Waals surface area (Å²) in [5.74, 6) is 0. The van der Waals surface area contributed by atoms with E-state index in [0.717, 1.165) is 13.1 Å². The summed E-state index contributed by atoms with van der Waals surface area (Å²) < 4.78 is 46.7. The van der Waals surface area contributed by atoms with E-state index in [1.807, 2.05) is 4.98 Å². The van der Waals surface area contributed by atoms with Gasteiger partial charge >= 0.3 is 0 Å². The number of aromatic nitrogens is 1. The molecule has 8 heteroatoms. The van der Waals surface area contributed by atoms with E-state index in [-0.39, 0.29) is 5.56 Å². The van der Waals surface area contributed by atoms with Gasteiger partial charge in [-0.1, -0.05) is 0 Å². The third kappa shape index (κ3) is 2.21. The van der Waals surface area contributed by atoms with Crippen LogP contribution < -0.4 is 10.7 Å². The van der Waals surface area contributed by atoms with Crippen molar-refractivity contribution in [2.45, 2.75) is 18.2 Å². The summed E-state index contributed by atoms with van der Waals surface area (Å²) in [4.78, 5) is 12.4. The number of nitrogens with two attached hydrogens (primary N) is 1. The molecule has 1 heterocycles. The number of pyridine rings is 1. The van der Waals surface area contributed by atoms with Crippen molar-refractivity contribution in [2.24, 2.45) is 5.14 Å². The Morgan fingerprint density at radius 1 is 1.47 bits per heavy atom. The molecule has 0 spiro atoms. The summed E-state index contributed by atoms with van der Waals surface area (Å²) >= 11 is 0. The highest BCUT2D eigenvalue weighted by atomic mass is 32.2. The lowest BCUT2D eigenvalue weighted by Gasteiger charge is -2.07. The molecule has 0 saturated heterocycles. The largest absolute Gasteiger partial charge is 0.327 e. The van der Waals surface area contributed by atoms with E-state index < -0.39 is 32.5 Å². The molecule has 0 saturated carbocycles. The Morgan fingerprint density at radius 3 is 2.40 bits per heavy atom. The van der Waals surface area contributed by atoms with Gasteiger partial charge in [0.15, 0.2) is 0 Å². The lowest BCUT2D eigenvalue weighted by molar-refractivity contribution is 0.148. The zero-order chi connectivity index (χ0) is 11.8. The second-order valence-corrected chi connectivity index (χ2v) is 4.40. The van der Waals surface area contributed by atoms with Crippen LogP contribution in [0, 0.1) is 6.92 Å². The molecular weight excluding hydrogens is 230 g/mol. The molecule has 0 aliphatic heterocycles. The summed E-state index contributed by atoms with van der Waals surface area (Å²) in [5, 5.41) is 4.78. The zero-order valence-corrected chi connectivity index (χ0v) is 8.44. The number of alkyl halides is 2. The molecule has 0 atom stereocenters. The SMILES string of the molecule is Cc1c(S(N)(=O)=O)c[nH]c(=O)c1C(F)F. The van der Waals surface area contributed by atoms with Gasteiger partial charge < -0.3 is 4.98 Å². The second kappa shape index (κ2) is 3.70. The minimum atomic E-state index is -4.11. The van der Waals surface area contributed by atoms with E-state index >= 15 is 0 Å². The van der Waals surface area contributed by atoms with Gasteiger partial charge in [-0.2, -0.15) is 0 Å². The number of sulfonamides is 1. The topological polar surface area (TPSA) is 93.0 Å². The van der Waals surface area contributed by atoms with Crippen LogP contribution in [0.5, 0.6) is 0 Å². The van der Waals surface area contributed by atoms with Gasteiger partial charge in [-0.25, -0.2) is 22.3 Å². The minimum absolute atomic E-state index is 0.323. The minimum Gasteiger partial charge on any atom is -0.327 e. The molecule has 0 bridgehead atoms. The standard InChI is InChI=1S/C7H8F2N2O3S/c1-3-4(15(10,13)14)2-11-7(12)5(3)6(8)9/h2,6H,1H3,(H,11,12)(H2,10,13,14). The van der Waals surface area contributed by atoms with Gasteiger partial charge in [0.25, 0.3) is 12.0 Å². The molecule has 5 nitrogen and oxygen atoms in total. The molecule has 0 fully saturated rings. The average molecular weight is 238 g/mol. The van der Waals surface area contributed by atoms with Crippen LogP contribution in [0.2, 0.25) is 0 Å². The van der Waals surface area contributed by atoms with Crippen molar-refractivity contribution >= 4 is 10.0 Å². The van der Waals surface area contributed by atoms with Crippen molar-refractivity contribution < 1.29 is 17.2 Å². The fourth-order valence-corrected chi connectivity index (χ4v) is 1.94. The molecule has 0 radical (unpaired) electrons. The number of aromatic amines is 1. The normalized spacial score (nSPS) is 12.1. The summed E-state index contributed by atoms with van der Waals surface area (Å²) in [5.41, 5.74) is -2.22. The average Bonchev–Trinajstić information content (AvgIpc) is 2.00. The predicted octanol–water partition coefficient (Wildman–Crippen LogP) is 0.268. The van der Waals surface area contributed by atoms with Crippen molar-refractivity contribution in [3.8, 4) is 0 Å². The van der Waals surface area contributed by atoms with Crippen LogP contribution in [0.25, 0.3) is 0 Å². The van der Waals surface area contributed by atoms with E-state index in [0.29, 0.717) is 0 Å². The van der Waals surface area contributed by atoms with Crippen LogP contribution >= 0.6 is 0 Å². The molecule has 15 heavy (non-hydrogen) atoms. The van der Waals surface area contributed by atoms with E-state index in [2.05, 4.69) is 0 Å². The van der Waals surface area contributed by atoms with Gasteiger partial charge in [0.2, 0.25) is 10.0 Å². The molecule has 1 aromatic heterocycles. The Labute approximate surface area is 84.0 Å². The number of nitrogens with one attached hydrogen (secondary N) is 1. The fourth-order valence-electron chi connectivity index (χ4n) is 1.18. The molecule has 84 valence electrons.